The normalized spacial score (nSPS) is 13.6. The number of carboxylic acids is 1. The molecule has 0 bridgehead atoms. The fraction of sp³-hybridized carbons (Fsp3) is 0.417. The Hall–Kier alpha value is -2.62. The molecule has 2 aromatic rings. The highest BCUT2D eigenvalue weighted by Crippen LogP contribution is 2.35. The maximum atomic E-state index is 13.1. The number of hydrogen-bond donors (Lipinski definition) is 1. The first kappa shape index (κ1) is 20.1. The molecule has 1 atom stereocenters. The van der Waals surface area contributed by atoms with Gasteiger partial charge in [-0.15, -0.1) is 0 Å². The van der Waals surface area contributed by atoms with Crippen molar-refractivity contribution in [3.63, 3.8) is 0 Å². The van der Waals surface area contributed by atoms with Crippen molar-refractivity contribution < 1.29 is 19.4 Å². The van der Waals surface area contributed by atoms with Crippen LogP contribution in [-0.4, -0.2) is 23.5 Å². The zero-order valence-corrected chi connectivity index (χ0v) is 16.7. The number of carbonyl (C=O) groups excluding carboxylic acids is 1. The van der Waals surface area contributed by atoms with Gasteiger partial charge in [-0.05, 0) is 42.5 Å². The van der Waals surface area contributed by atoms with Gasteiger partial charge in [-0.2, -0.15) is 0 Å². The van der Waals surface area contributed by atoms with Gasteiger partial charge in [0, 0.05) is 12.0 Å². The largest absolute Gasteiger partial charge is 0.492 e. The highest BCUT2D eigenvalue weighted by atomic mass is 16.5. The SMILES string of the molecule is CCCCCCc1ccc(C(=O)c2cc(C(C)C(=O)O)cc3c2OCC3)cc1. The van der Waals surface area contributed by atoms with E-state index in [1.165, 1.54) is 24.8 Å². The molecule has 0 spiro atoms. The minimum absolute atomic E-state index is 0.116. The Balaban J connectivity index is 1.83. The number of carbonyl (C=O) groups is 2. The molecule has 0 saturated heterocycles. The van der Waals surface area contributed by atoms with Gasteiger partial charge in [0.1, 0.15) is 5.75 Å². The van der Waals surface area contributed by atoms with Crippen molar-refractivity contribution in [3.8, 4) is 5.75 Å². The van der Waals surface area contributed by atoms with Crippen LogP contribution < -0.4 is 4.74 Å². The van der Waals surface area contributed by atoms with Gasteiger partial charge in [-0.25, -0.2) is 0 Å². The summed E-state index contributed by atoms with van der Waals surface area (Å²) in [5.41, 5.74) is 3.88. The van der Waals surface area contributed by atoms with E-state index in [1.54, 1.807) is 13.0 Å². The second kappa shape index (κ2) is 9.05. The quantitative estimate of drug-likeness (QED) is 0.482. The van der Waals surface area contributed by atoms with Crippen LogP contribution in [-0.2, 0) is 17.6 Å². The van der Waals surface area contributed by atoms with Gasteiger partial charge in [0.25, 0.3) is 0 Å². The molecule has 3 rings (SSSR count). The van der Waals surface area contributed by atoms with Crippen LogP contribution >= 0.6 is 0 Å². The number of benzene rings is 2. The molecule has 0 aromatic heterocycles. The fourth-order valence-electron chi connectivity index (χ4n) is 3.63. The predicted molar refractivity (Wildman–Crippen MR) is 109 cm³/mol. The molecule has 148 valence electrons. The van der Waals surface area contributed by atoms with Crippen molar-refractivity contribution in [2.45, 2.75) is 58.3 Å². The average Bonchev–Trinajstić information content (AvgIpc) is 3.18. The minimum Gasteiger partial charge on any atom is -0.492 e. The monoisotopic (exact) mass is 380 g/mol. The molecule has 0 amide bonds. The minimum atomic E-state index is -0.898. The number of carboxylic acid groups (broad SMARTS) is 1. The lowest BCUT2D eigenvalue weighted by Gasteiger charge is -2.13. The van der Waals surface area contributed by atoms with Crippen LogP contribution in [0.4, 0.5) is 0 Å². The molecule has 28 heavy (non-hydrogen) atoms. The van der Waals surface area contributed by atoms with E-state index in [0.29, 0.717) is 35.5 Å². The van der Waals surface area contributed by atoms with E-state index < -0.39 is 11.9 Å². The average molecular weight is 380 g/mol. The van der Waals surface area contributed by atoms with Gasteiger partial charge >= 0.3 is 5.97 Å². The standard InChI is InChI=1S/C24H28O4/c1-3-4-5-6-7-17-8-10-18(11-9-17)22(25)21-15-20(16(2)24(26)27)14-19-12-13-28-23(19)21/h8-11,14-16H,3-7,12-13H2,1-2H3,(H,26,27). The molecule has 2 aromatic carbocycles. The first-order valence-electron chi connectivity index (χ1n) is 10.2. The molecular weight excluding hydrogens is 352 g/mol. The highest BCUT2D eigenvalue weighted by molar-refractivity contribution is 6.11. The van der Waals surface area contributed by atoms with E-state index in [-0.39, 0.29) is 5.78 Å². The molecule has 0 aliphatic carbocycles. The lowest BCUT2D eigenvalue weighted by Crippen LogP contribution is -2.10. The zero-order chi connectivity index (χ0) is 20.1. The summed E-state index contributed by atoms with van der Waals surface area (Å²) in [7, 11) is 0. The van der Waals surface area contributed by atoms with E-state index in [1.807, 2.05) is 30.3 Å². The third kappa shape index (κ3) is 4.44. The molecular formula is C24H28O4. The Kier molecular flexibility index (Phi) is 6.50. The second-order valence-electron chi connectivity index (χ2n) is 7.55. The van der Waals surface area contributed by atoms with Crippen molar-refractivity contribution in [3.05, 3.63) is 64.2 Å². The Morgan fingerprint density at radius 1 is 1.11 bits per heavy atom. The number of aryl methyl sites for hydroxylation is 1. The number of ketones is 1. The molecule has 4 heteroatoms. The number of unbranched alkanes of at least 4 members (excludes halogenated alkanes) is 3. The first-order valence-corrected chi connectivity index (χ1v) is 10.2. The summed E-state index contributed by atoms with van der Waals surface area (Å²) in [5.74, 6) is -1.07. The van der Waals surface area contributed by atoms with Crippen molar-refractivity contribution in [2.75, 3.05) is 6.61 Å². The Morgan fingerprint density at radius 2 is 1.86 bits per heavy atom. The van der Waals surface area contributed by atoms with E-state index in [4.69, 9.17) is 4.74 Å². The van der Waals surface area contributed by atoms with Gasteiger partial charge < -0.3 is 9.84 Å². The summed E-state index contributed by atoms with van der Waals surface area (Å²) in [4.78, 5) is 24.5. The number of aliphatic carboxylic acids is 1. The van der Waals surface area contributed by atoms with Crippen LogP contribution in [0.3, 0.4) is 0 Å². The summed E-state index contributed by atoms with van der Waals surface area (Å²) in [6, 6.07) is 11.3. The summed E-state index contributed by atoms with van der Waals surface area (Å²) in [6.45, 7) is 4.37. The molecule has 1 aliphatic rings. The molecule has 1 aliphatic heterocycles. The van der Waals surface area contributed by atoms with E-state index in [9.17, 15) is 14.7 Å². The lowest BCUT2D eigenvalue weighted by atomic mass is 9.91. The van der Waals surface area contributed by atoms with Crippen LogP contribution in [0, 0.1) is 0 Å². The molecule has 1 heterocycles. The molecule has 0 saturated carbocycles. The van der Waals surface area contributed by atoms with Crippen LogP contribution in [0.5, 0.6) is 5.75 Å². The van der Waals surface area contributed by atoms with Gasteiger partial charge in [-0.1, -0.05) is 56.5 Å². The van der Waals surface area contributed by atoms with Crippen LogP contribution in [0.1, 0.15) is 78.1 Å². The fourth-order valence-corrected chi connectivity index (χ4v) is 3.63. The van der Waals surface area contributed by atoms with Crippen molar-refractivity contribution >= 4 is 11.8 Å². The molecule has 1 unspecified atom stereocenters. The number of fused-ring (bicyclic) bond motifs is 1. The highest BCUT2D eigenvalue weighted by Gasteiger charge is 2.26. The third-order valence-electron chi connectivity index (χ3n) is 5.46. The number of hydrogen-bond acceptors (Lipinski definition) is 3. The lowest BCUT2D eigenvalue weighted by molar-refractivity contribution is -0.138. The van der Waals surface area contributed by atoms with Crippen molar-refractivity contribution in [1.82, 2.24) is 0 Å². The predicted octanol–water partition coefficient (Wildman–Crippen LogP) is 5.16. The maximum absolute atomic E-state index is 13.1. The molecule has 0 fully saturated rings. The molecule has 0 radical (unpaired) electrons. The van der Waals surface area contributed by atoms with Crippen LogP contribution in [0.2, 0.25) is 0 Å². The van der Waals surface area contributed by atoms with E-state index in [0.717, 1.165) is 18.4 Å². The van der Waals surface area contributed by atoms with Crippen LogP contribution in [0.25, 0.3) is 0 Å². The molecule has 1 N–H and O–H groups in total. The van der Waals surface area contributed by atoms with Crippen molar-refractivity contribution in [2.24, 2.45) is 0 Å². The first-order chi connectivity index (χ1) is 13.5. The van der Waals surface area contributed by atoms with Crippen LogP contribution in [0.15, 0.2) is 36.4 Å². The summed E-state index contributed by atoms with van der Waals surface area (Å²) < 4.78 is 5.70. The zero-order valence-electron chi connectivity index (χ0n) is 16.7. The maximum Gasteiger partial charge on any atom is 0.310 e. The topological polar surface area (TPSA) is 63.6 Å². The van der Waals surface area contributed by atoms with Gasteiger partial charge in [-0.3, -0.25) is 9.59 Å². The van der Waals surface area contributed by atoms with E-state index in [2.05, 4.69) is 6.92 Å². The summed E-state index contributed by atoms with van der Waals surface area (Å²) in [5, 5.41) is 9.35. The van der Waals surface area contributed by atoms with Gasteiger partial charge in [0.2, 0.25) is 0 Å². The van der Waals surface area contributed by atoms with Gasteiger partial charge in [0.15, 0.2) is 5.78 Å². The smallest absolute Gasteiger partial charge is 0.310 e. The summed E-state index contributed by atoms with van der Waals surface area (Å²) >= 11 is 0. The number of ether oxygens (including phenoxy) is 1. The van der Waals surface area contributed by atoms with Crippen molar-refractivity contribution in [1.29, 1.82) is 0 Å². The third-order valence-corrected chi connectivity index (χ3v) is 5.46. The Bertz CT molecular complexity index is 852. The van der Waals surface area contributed by atoms with Gasteiger partial charge in [0.05, 0.1) is 18.1 Å². The van der Waals surface area contributed by atoms with E-state index >= 15 is 0 Å². The second-order valence-corrected chi connectivity index (χ2v) is 7.55. The summed E-state index contributed by atoms with van der Waals surface area (Å²) in [6.07, 6.45) is 6.60. The Morgan fingerprint density at radius 3 is 2.54 bits per heavy atom. The molecule has 4 nitrogen and oxygen atoms in total. The Labute approximate surface area is 166 Å². The number of rotatable bonds is 9.